The maximum Gasteiger partial charge on any atom is 0.319 e. The quantitative estimate of drug-likeness (QED) is 0.745. The number of nitrogens with one attached hydrogen (secondary N) is 2. The van der Waals surface area contributed by atoms with Gasteiger partial charge in [-0.05, 0) is 47.8 Å². The zero-order valence-corrected chi connectivity index (χ0v) is 15.3. The van der Waals surface area contributed by atoms with Crippen molar-refractivity contribution in [3.05, 3.63) is 29.3 Å². The van der Waals surface area contributed by atoms with Gasteiger partial charge < -0.3 is 10.6 Å². The second-order valence-electron chi connectivity index (χ2n) is 7.22. The summed E-state index contributed by atoms with van der Waals surface area (Å²) in [5, 5.41) is 5.85. The van der Waals surface area contributed by atoms with Crippen LogP contribution in [0.5, 0.6) is 0 Å². The fraction of sp³-hybridized carbons (Fsp3) is 0.632. The summed E-state index contributed by atoms with van der Waals surface area (Å²) in [6, 6.07) is 6.39. The van der Waals surface area contributed by atoms with Crippen LogP contribution in [0.1, 0.15) is 72.4 Å². The minimum absolute atomic E-state index is 0.0315. The van der Waals surface area contributed by atoms with E-state index in [1.807, 2.05) is 6.92 Å². The van der Waals surface area contributed by atoms with Crippen LogP contribution in [0.4, 0.5) is 10.5 Å². The van der Waals surface area contributed by atoms with Crippen molar-refractivity contribution in [2.24, 2.45) is 0 Å². The van der Waals surface area contributed by atoms with Gasteiger partial charge in [0, 0.05) is 12.2 Å². The molecule has 1 aromatic carbocycles. The Labute approximate surface area is 135 Å². The molecule has 0 aromatic heterocycles. The molecular weight excluding hydrogens is 272 g/mol. The summed E-state index contributed by atoms with van der Waals surface area (Å²) in [7, 11) is 0. The molecule has 124 valence electrons. The van der Waals surface area contributed by atoms with Crippen molar-refractivity contribution in [1.82, 2.24) is 5.32 Å². The van der Waals surface area contributed by atoms with E-state index in [0.29, 0.717) is 6.54 Å². The van der Waals surface area contributed by atoms with Crippen molar-refractivity contribution in [1.29, 1.82) is 0 Å². The number of hydrogen-bond acceptors (Lipinski definition) is 1. The molecule has 22 heavy (non-hydrogen) atoms. The predicted octanol–water partition coefficient (Wildman–Crippen LogP) is 5.20. The molecule has 2 N–H and O–H groups in total. The predicted molar refractivity (Wildman–Crippen MR) is 95.8 cm³/mol. The van der Waals surface area contributed by atoms with Gasteiger partial charge in [0.25, 0.3) is 0 Å². The molecule has 0 saturated heterocycles. The Hall–Kier alpha value is -1.51. The molecule has 0 unspecified atom stereocenters. The van der Waals surface area contributed by atoms with Gasteiger partial charge in [0.15, 0.2) is 0 Å². The molecule has 0 aliphatic carbocycles. The van der Waals surface area contributed by atoms with Crippen LogP contribution in [-0.4, -0.2) is 12.6 Å². The molecule has 0 saturated carbocycles. The third kappa shape index (κ3) is 4.25. The number of benzene rings is 1. The normalized spacial score (nSPS) is 12.1. The zero-order chi connectivity index (χ0) is 17.0. The van der Waals surface area contributed by atoms with Gasteiger partial charge >= 0.3 is 6.03 Å². The Morgan fingerprint density at radius 2 is 1.59 bits per heavy atom. The molecule has 3 heteroatoms. The monoisotopic (exact) mass is 304 g/mol. The molecule has 0 radical (unpaired) electrons. The first kappa shape index (κ1) is 18.5. The largest absolute Gasteiger partial charge is 0.338 e. The van der Waals surface area contributed by atoms with Crippen molar-refractivity contribution in [2.45, 2.75) is 72.1 Å². The highest BCUT2D eigenvalue weighted by Gasteiger charge is 2.25. The minimum atomic E-state index is -0.137. The maximum atomic E-state index is 12.0. The van der Waals surface area contributed by atoms with Gasteiger partial charge in [0.05, 0.1) is 0 Å². The van der Waals surface area contributed by atoms with Gasteiger partial charge in [0.1, 0.15) is 0 Å². The number of rotatable bonds is 6. The Bertz CT molecular complexity index is 518. The third-order valence-corrected chi connectivity index (χ3v) is 4.88. The second-order valence-corrected chi connectivity index (χ2v) is 7.22. The van der Waals surface area contributed by atoms with Gasteiger partial charge in [-0.2, -0.15) is 0 Å². The van der Waals surface area contributed by atoms with Gasteiger partial charge in [-0.1, -0.05) is 53.7 Å². The van der Waals surface area contributed by atoms with Crippen molar-refractivity contribution < 1.29 is 4.79 Å². The first-order valence-electron chi connectivity index (χ1n) is 8.37. The molecule has 0 aliphatic heterocycles. The summed E-state index contributed by atoms with van der Waals surface area (Å²) in [5.74, 6) is 0. The SMILES string of the molecule is CCNC(=O)Nc1cc(C(C)(C)CC)ccc1C(C)(C)CC. The van der Waals surface area contributed by atoms with Crippen LogP contribution in [-0.2, 0) is 10.8 Å². The van der Waals surface area contributed by atoms with E-state index >= 15 is 0 Å². The van der Waals surface area contributed by atoms with E-state index in [2.05, 4.69) is 70.4 Å². The van der Waals surface area contributed by atoms with Crippen LogP contribution < -0.4 is 10.6 Å². The van der Waals surface area contributed by atoms with Crippen LogP contribution in [0, 0.1) is 0 Å². The average molecular weight is 304 g/mol. The number of amides is 2. The third-order valence-electron chi connectivity index (χ3n) is 4.88. The second kappa shape index (κ2) is 7.17. The standard InChI is InChI=1S/C19H32N2O/c1-8-18(4,5)14-11-12-15(19(6,7)9-2)16(13-14)21-17(22)20-10-3/h11-13H,8-10H2,1-7H3,(H2,20,21,22). The number of carbonyl (C=O) groups excluding carboxylic acids is 1. The summed E-state index contributed by atoms with van der Waals surface area (Å²) in [6.07, 6.45) is 2.08. The molecule has 0 heterocycles. The highest BCUT2D eigenvalue weighted by atomic mass is 16.2. The van der Waals surface area contributed by atoms with E-state index in [4.69, 9.17) is 0 Å². The van der Waals surface area contributed by atoms with Crippen molar-refractivity contribution in [3.63, 3.8) is 0 Å². The smallest absolute Gasteiger partial charge is 0.319 e. The van der Waals surface area contributed by atoms with Crippen LogP contribution in [0.3, 0.4) is 0 Å². The fourth-order valence-corrected chi connectivity index (χ4v) is 2.38. The molecule has 0 fully saturated rings. The molecule has 0 spiro atoms. The molecule has 2 amide bonds. The molecule has 0 aliphatic rings. The Kier molecular flexibility index (Phi) is 6.04. The van der Waals surface area contributed by atoms with Crippen molar-refractivity contribution in [2.75, 3.05) is 11.9 Å². The summed E-state index contributed by atoms with van der Waals surface area (Å²) < 4.78 is 0. The van der Waals surface area contributed by atoms with E-state index < -0.39 is 0 Å². The molecule has 3 nitrogen and oxygen atoms in total. The van der Waals surface area contributed by atoms with Crippen molar-refractivity contribution >= 4 is 11.7 Å². The number of carbonyl (C=O) groups is 1. The van der Waals surface area contributed by atoms with E-state index in [9.17, 15) is 4.79 Å². The zero-order valence-electron chi connectivity index (χ0n) is 15.3. The lowest BCUT2D eigenvalue weighted by molar-refractivity contribution is 0.252. The van der Waals surface area contributed by atoms with Gasteiger partial charge in [-0.15, -0.1) is 0 Å². The Balaban J connectivity index is 3.31. The average Bonchev–Trinajstić information content (AvgIpc) is 2.47. The Morgan fingerprint density at radius 3 is 2.09 bits per heavy atom. The molecule has 1 aromatic rings. The summed E-state index contributed by atoms with van der Waals surface area (Å²) in [6.45, 7) is 15.8. The van der Waals surface area contributed by atoms with Gasteiger partial charge in [0.2, 0.25) is 0 Å². The summed E-state index contributed by atoms with van der Waals surface area (Å²) in [4.78, 5) is 12.0. The lowest BCUT2D eigenvalue weighted by atomic mass is 9.77. The maximum absolute atomic E-state index is 12.0. The van der Waals surface area contributed by atoms with Crippen LogP contribution in [0.15, 0.2) is 18.2 Å². The van der Waals surface area contributed by atoms with Gasteiger partial charge in [-0.3, -0.25) is 0 Å². The van der Waals surface area contributed by atoms with Crippen LogP contribution in [0.2, 0.25) is 0 Å². The number of anilines is 1. The highest BCUT2D eigenvalue weighted by Crippen LogP contribution is 2.36. The highest BCUT2D eigenvalue weighted by molar-refractivity contribution is 5.90. The Morgan fingerprint density at radius 1 is 1.00 bits per heavy atom. The summed E-state index contributed by atoms with van der Waals surface area (Å²) >= 11 is 0. The van der Waals surface area contributed by atoms with E-state index in [1.54, 1.807) is 0 Å². The van der Waals surface area contributed by atoms with Crippen LogP contribution in [0.25, 0.3) is 0 Å². The lowest BCUT2D eigenvalue weighted by Crippen LogP contribution is -2.30. The molecule has 0 atom stereocenters. The minimum Gasteiger partial charge on any atom is -0.338 e. The summed E-state index contributed by atoms with van der Waals surface area (Å²) in [5.41, 5.74) is 3.52. The molecular formula is C19H32N2O. The fourth-order valence-electron chi connectivity index (χ4n) is 2.38. The van der Waals surface area contributed by atoms with E-state index in [-0.39, 0.29) is 16.9 Å². The number of urea groups is 1. The van der Waals surface area contributed by atoms with E-state index in [1.165, 1.54) is 11.1 Å². The van der Waals surface area contributed by atoms with Crippen LogP contribution >= 0.6 is 0 Å². The van der Waals surface area contributed by atoms with E-state index in [0.717, 1.165) is 18.5 Å². The topological polar surface area (TPSA) is 41.1 Å². The van der Waals surface area contributed by atoms with Gasteiger partial charge in [-0.25, -0.2) is 4.79 Å². The first-order chi connectivity index (χ1) is 10.2. The number of hydrogen-bond donors (Lipinski definition) is 2. The molecule has 1 rings (SSSR count). The molecule has 0 bridgehead atoms. The first-order valence-corrected chi connectivity index (χ1v) is 8.37. The van der Waals surface area contributed by atoms with Crippen molar-refractivity contribution in [3.8, 4) is 0 Å². The lowest BCUT2D eigenvalue weighted by Gasteiger charge is -2.30.